The number of carbonyl (C=O) groups is 2. The molecule has 2 amide bonds. The highest BCUT2D eigenvalue weighted by atomic mass is 16.4. The van der Waals surface area contributed by atoms with E-state index in [9.17, 15) is 9.59 Å². The van der Waals surface area contributed by atoms with Crippen molar-refractivity contribution in [1.82, 2.24) is 4.90 Å². The van der Waals surface area contributed by atoms with Crippen molar-refractivity contribution in [3.8, 4) is 0 Å². The molecule has 1 atom stereocenters. The smallest absolute Gasteiger partial charge is 0.326 e. The van der Waals surface area contributed by atoms with Crippen molar-refractivity contribution in [3.63, 3.8) is 0 Å². The Morgan fingerprint density at radius 1 is 1.30 bits per heavy atom. The number of amides is 2. The summed E-state index contributed by atoms with van der Waals surface area (Å²) in [6, 6.07) is 6.59. The van der Waals surface area contributed by atoms with E-state index in [2.05, 4.69) is 19.2 Å². The maximum Gasteiger partial charge on any atom is 0.326 e. The van der Waals surface area contributed by atoms with Gasteiger partial charge in [-0.05, 0) is 36.5 Å². The summed E-state index contributed by atoms with van der Waals surface area (Å²) in [7, 11) is 0. The maximum atomic E-state index is 12.1. The van der Waals surface area contributed by atoms with Crippen molar-refractivity contribution in [1.29, 1.82) is 0 Å². The first-order chi connectivity index (χ1) is 9.49. The van der Waals surface area contributed by atoms with Gasteiger partial charge < -0.3 is 15.3 Å². The van der Waals surface area contributed by atoms with Crippen LogP contribution in [0.15, 0.2) is 24.3 Å². The van der Waals surface area contributed by atoms with Crippen molar-refractivity contribution in [2.75, 3.05) is 11.9 Å². The van der Waals surface area contributed by atoms with E-state index in [0.29, 0.717) is 24.6 Å². The summed E-state index contributed by atoms with van der Waals surface area (Å²) in [5, 5.41) is 11.8. The number of carboxylic acids is 1. The van der Waals surface area contributed by atoms with Crippen molar-refractivity contribution in [3.05, 3.63) is 29.8 Å². The largest absolute Gasteiger partial charge is 0.480 e. The van der Waals surface area contributed by atoms with E-state index >= 15 is 0 Å². The van der Waals surface area contributed by atoms with Crippen LogP contribution in [0.25, 0.3) is 0 Å². The third-order valence-corrected chi connectivity index (χ3v) is 3.63. The van der Waals surface area contributed by atoms with E-state index in [-0.39, 0.29) is 6.03 Å². The second-order valence-electron chi connectivity index (χ2n) is 5.40. The molecule has 0 unspecified atom stereocenters. The first-order valence-electron chi connectivity index (χ1n) is 6.89. The molecule has 5 nitrogen and oxygen atoms in total. The number of rotatable bonds is 3. The topological polar surface area (TPSA) is 69.6 Å². The van der Waals surface area contributed by atoms with Crippen LogP contribution in [-0.4, -0.2) is 34.6 Å². The van der Waals surface area contributed by atoms with Crippen molar-refractivity contribution in [2.24, 2.45) is 0 Å². The van der Waals surface area contributed by atoms with Gasteiger partial charge in [0.25, 0.3) is 0 Å². The zero-order valence-corrected chi connectivity index (χ0v) is 11.8. The average Bonchev–Trinajstić information content (AvgIpc) is 2.88. The molecule has 2 rings (SSSR count). The van der Waals surface area contributed by atoms with E-state index in [1.54, 1.807) is 0 Å². The second kappa shape index (κ2) is 5.94. The molecule has 1 saturated heterocycles. The van der Waals surface area contributed by atoms with Gasteiger partial charge in [0.05, 0.1) is 0 Å². The normalized spacial score (nSPS) is 18.4. The number of aliphatic carboxylic acids is 1. The lowest BCUT2D eigenvalue weighted by Crippen LogP contribution is -2.42. The highest BCUT2D eigenvalue weighted by Gasteiger charge is 2.33. The fraction of sp³-hybridized carbons (Fsp3) is 0.467. The van der Waals surface area contributed by atoms with Crippen LogP contribution in [0, 0.1) is 0 Å². The van der Waals surface area contributed by atoms with Gasteiger partial charge in [0.15, 0.2) is 0 Å². The van der Waals surface area contributed by atoms with Crippen LogP contribution in [0.1, 0.15) is 38.2 Å². The number of hydrogen-bond donors (Lipinski definition) is 2. The van der Waals surface area contributed by atoms with Crippen molar-refractivity contribution < 1.29 is 14.7 Å². The molecule has 0 saturated carbocycles. The summed E-state index contributed by atoms with van der Waals surface area (Å²) in [5.74, 6) is -0.498. The van der Waals surface area contributed by atoms with Gasteiger partial charge in [-0.1, -0.05) is 26.0 Å². The van der Waals surface area contributed by atoms with E-state index in [4.69, 9.17) is 5.11 Å². The molecule has 1 heterocycles. The van der Waals surface area contributed by atoms with E-state index in [1.807, 2.05) is 24.3 Å². The lowest BCUT2D eigenvalue weighted by atomic mass is 10.0. The maximum absolute atomic E-state index is 12.1. The number of anilines is 1. The first-order valence-corrected chi connectivity index (χ1v) is 6.89. The molecule has 2 N–H and O–H groups in total. The number of carboxylic acid groups (broad SMARTS) is 1. The van der Waals surface area contributed by atoms with Crippen LogP contribution in [0.5, 0.6) is 0 Å². The molecule has 0 radical (unpaired) electrons. The van der Waals surface area contributed by atoms with Crippen molar-refractivity contribution in [2.45, 2.75) is 38.6 Å². The second-order valence-corrected chi connectivity index (χ2v) is 5.40. The number of benzene rings is 1. The van der Waals surface area contributed by atoms with Gasteiger partial charge in [0.1, 0.15) is 6.04 Å². The predicted octanol–water partition coefficient (Wildman–Crippen LogP) is 2.89. The minimum absolute atomic E-state index is 0.341. The molecule has 1 aliphatic rings. The lowest BCUT2D eigenvalue weighted by Gasteiger charge is -2.21. The molecule has 0 aliphatic carbocycles. The molecule has 20 heavy (non-hydrogen) atoms. The molecule has 1 aromatic rings. The Morgan fingerprint density at radius 3 is 2.50 bits per heavy atom. The number of urea groups is 1. The highest BCUT2D eigenvalue weighted by molar-refractivity contribution is 5.92. The summed E-state index contributed by atoms with van der Waals surface area (Å²) >= 11 is 0. The highest BCUT2D eigenvalue weighted by Crippen LogP contribution is 2.20. The number of carbonyl (C=O) groups excluding carboxylic acids is 1. The summed E-state index contributed by atoms with van der Waals surface area (Å²) in [6.45, 7) is 4.71. The summed E-state index contributed by atoms with van der Waals surface area (Å²) in [6.07, 6.45) is 1.26. The number of nitrogens with one attached hydrogen (secondary N) is 1. The van der Waals surface area contributed by atoms with Gasteiger partial charge in [0.2, 0.25) is 0 Å². The Labute approximate surface area is 118 Å². The van der Waals surface area contributed by atoms with Crippen molar-refractivity contribution >= 4 is 17.7 Å². The van der Waals surface area contributed by atoms with Gasteiger partial charge >= 0.3 is 12.0 Å². The summed E-state index contributed by atoms with van der Waals surface area (Å²) in [4.78, 5) is 24.6. The van der Waals surface area contributed by atoms with Crippen LogP contribution in [0.4, 0.5) is 10.5 Å². The van der Waals surface area contributed by atoms with Gasteiger partial charge in [-0.25, -0.2) is 9.59 Å². The van der Waals surface area contributed by atoms with E-state index in [1.165, 1.54) is 10.5 Å². The fourth-order valence-corrected chi connectivity index (χ4v) is 2.41. The Kier molecular flexibility index (Phi) is 4.27. The molecule has 0 bridgehead atoms. The standard InChI is InChI=1S/C15H20N2O3/c1-10(2)11-5-7-12(8-6-11)16-15(20)17-9-3-4-13(17)14(18)19/h5-8,10,13H,3-4,9H2,1-2H3,(H,16,20)(H,18,19)/t13-/m1/s1. The van der Waals surface area contributed by atoms with Gasteiger partial charge in [0, 0.05) is 12.2 Å². The minimum atomic E-state index is -0.937. The van der Waals surface area contributed by atoms with Gasteiger partial charge in [-0.15, -0.1) is 0 Å². The number of nitrogens with zero attached hydrogens (tertiary/aromatic N) is 1. The SMILES string of the molecule is CC(C)c1ccc(NC(=O)N2CCC[C@@H]2C(=O)O)cc1. The van der Waals surface area contributed by atoms with Gasteiger partial charge in [-0.3, -0.25) is 0 Å². The molecule has 0 aromatic heterocycles. The molecule has 1 aromatic carbocycles. The summed E-state index contributed by atoms with van der Waals surface area (Å²) < 4.78 is 0. The molecule has 0 spiro atoms. The number of likely N-dealkylation sites (tertiary alicyclic amines) is 1. The predicted molar refractivity (Wildman–Crippen MR) is 76.9 cm³/mol. The Hall–Kier alpha value is -2.04. The Balaban J connectivity index is 2.02. The monoisotopic (exact) mass is 276 g/mol. The van der Waals surface area contributed by atoms with Crippen LogP contribution >= 0.6 is 0 Å². The third kappa shape index (κ3) is 3.10. The molecular weight excluding hydrogens is 256 g/mol. The fourth-order valence-electron chi connectivity index (χ4n) is 2.41. The molecule has 1 aliphatic heterocycles. The molecule has 108 valence electrons. The number of hydrogen-bond acceptors (Lipinski definition) is 2. The Morgan fingerprint density at radius 2 is 1.95 bits per heavy atom. The first kappa shape index (κ1) is 14.4. The molecular formula is C15H20N2O3. The molecule has 1 fully saturated rings. The molecule has 5 heteroatoms. The van der Waals surface area contributed by atoms with Crippen LogP contribution in [0.2, 0.25) is 0 Å². The van der Waals surface area contributed by atoms with Crippen LogP contribution < -0.4 is 5.32 Å². The quantitative estimate of drug-likeness (QED) is 0.891. The van der Waals surface area contributed by atoms with Crippen LogP contribution in [-0.2, 0) is 4.79 Å². The van der Waals surface area contributed by atoms with Gasteiger partial charge in [-0.2, -0.15) is 0 Å². The lowest BCUT2D eigenvalue weighted by molar-refractivity contribution is -0.141. The van der Waals surface area contributed by atoms with Crippen LogP contribution in [0.3, 0.4) is 0 Å². The Bertz CT molecular complexity index is 496. The third-order valence-electron chi connectivity index (χ3n) is 3.63. The minimum Gasteiger partial charge on any atom is -0.480 e. The zero-order chi connectivity index (χ0) is 14.7. The summed E-state index contributed by atoms with van der Waals surface area (Å²) in [5.41, 5.74) is 1.89. The van der Waals surface area contributed by atoms with E-state index < -0.39 is 12.0 Å². The average molecular weight is 276 g/mol. The van der Waals surface area contributed by atoms with E-state index in [0.717, 1.165) is 6.42 Å². The zero-order valence-electron chi connectivity index (χ0n) is 11.8.